The average Bonchev–Trinajstić information content (AvgIpc) is 2.03. The predicted octanol–water partition coefficient (Wildman–Crippen LogP) is 2.71. The van der Waals surface area contributed by atoms with Crippen molar-refractivity contribution < 1.29 is 0 Å². The molecule has 0 amide bonds. The van der Waals surface area contributed by atoms with Crippen molar-refractivity contribution >= 4 is 11.6 Å². The van der Waals surface area contributed by atoms with Crippen LogP contribution < -0.4 is 5.73 Å². The quantitative estimate of drug-likeness (QED) is 0.741. The SMILES string of the molecule is CC(C)(N)Cc1ccc(CCl)cc1. The molecule has 1 nitrogen and oxygen atoms in total. The molecule has 1 aromatic carbocycles. The Labute approximate surface area is 84.9 Å². The van der Waals surface area contributed by atoms with Gasteiger partial charge in [-0.1, -0.05) is 24.3 Å². The highest BCUT2D eigenvalue weighted by molar-refractivity contribution is 6.17. The molecule has 0 spiro atoms. The van der Waals surface area contributed by atoms with Gasteiger partial charge in [-0.3, -0.25) is 0 Å². The zero-order chi connectivity index (χ0) is 9.90. The smallest absolute Gasteiger partial charge is 0.0474 e. The minimum absolute atomic E-state index is 0.136. The van der Waals surface area contributed by atoms with Crippen molar-refractivity contribution in [3.8, 4) is 0 Å². The maximum atomic E-state index is 5.91. The highest BCUT2D eigenvalue weighted by atomic mass is 35.5. The lowest BCUT2D eigenvalue weighted by molar-refractivity contribution is 0.517. The van der Waals surface area contributed by atoms with Crippen molar-refractivity contribution in [2.45, 2.75) is 31.7 Å². The third-order valence-corrected chi connectivity index (χ3v) is 2.15. The van der Waals surface area contributed by atoms with Crippen LogP contribution in [0, 0.1) is 0 Å². The minimum Gasteiger partial charge on any atom is -0.325 e. The van der Waals surface area contributed by atoms with Gasteiger partial charge in [0, 0.05) is 11.4 Å². The summed E-state index contributed by atoms with van der Waals surface area (Å²) in [4.78, 5) is 0. The van der Waals surface area contributed by atoms with Gasteiger partial charge in [0.05, 0.1) is 0 Å². The van der Waals surface area contributed by atoms with Crippen LogP contribution >= 0.6 is 11.6 Å². The van der Waals surface area contributed by atoms with Crippen LogP contribution in [0.4, 0.5) is 0 Å². The van der Waals surface area contributed by atoms with Crippen LogP contribution in [0.5, 0.6) is 0 Å². The second-order valence-corrected chi connectivity index (χ2v) is 4.38. The standard InChI is InChI=1S/C11H16ClN/c1-11(2,13)7-9-3-5-10(8-12)6-4-9/h3-6H,7-8,13H2,1-2H3. The molecule has 0 radical (unpaired) electrons. The first-order chi connectivity index (χ1) is 6.01. The summed E-state index contributed by atoms with van der Waals surface area (Å²) >= 11 is 5.69. The Balaban J connectivity index is 2.70. The maximum absolute atomic E-state index is 5.91. The highest BCUT2D eigenvalue weighted by Crippen LogP contribution is 2.12. The van der Waals surface area contributed by atoms with Crippen LogP contribution in [0.3, 0.4) is 0 Å². The van der Waals surface area contributed by atoms with Crippen LogP contribution in [0.2, 0.25) is 0 Å². The summed E-state index contributed by atoms with van der Waals surface area (Å²) in [5.41, 5.74) is 8.19. The first-order valence-electron chi connectivity index (χ1n) is 4.44. The average molecular weight is 198 g/mol. The van der Waals surface area contributed by atoms with E-state index in [4.69, 9.17) is 17.3 Å². The van der Waals surface area contributed by atoms with E-state index in [9.17, 15) is 0 Å². The van der Waals surface area contributed by atoms with Crippen LogP contribution in [0.25, 0.3) is 0 Å². The Morgan fingerprint density at radius 1 is 1.15 bits per heavy atom. The Kier molecular flexibility index (Phi) is 3.34. The molecule has 0 atom stereocenters. The van der Waals surface area contributed by atoms with Crippen molar-refractivity contribution in [2.75, 3.05) is 0 Å². The molecular weight excluding hydrogens is 182 g/mol. The third-order valence-electron chi connectivity index (χ3n) is 1.84. The van der Waals surface area contributed by atoms with E-state index in [1.807, 2.05) is 26.0 Å². The van der Waals surface area contributed by atoms with Crippen LogP contribution in [0.15, 0.2) is 24.3 Å². The molecule has 0 aliphatic carbocycles. The second-order valence-electron chi connectivity index (χ2n) is 4.12. The largest absolute Gasteiger partial charge is 0.325 e. The lowest BCUT2D eigenvalue weighted by Gasteiger charge is -2.18. The molecule has 72 valence electrons. The second kappa shape index (κ2) is 4.12. The Morgan fingerprint density at radius 2 is 1.62 bits per heavy atom. The van der Waals surface area contributed by atoms with Gasteiger partial charge in [-0.15, -0.1) is 11.6 Å². The summed E-state index contributed by atoms with van der Waals surface area (Å²) in [6, 6.07) is 8.28. The van der Waals surface area contributed by atoms with Gasteiger partial charge < -0.3 is 5.73 Å². The van der Waals surface area contributed by atoms with E-state index < -0.39 is 0 Å². The zero-order valence-corrected chi connectivity index (χ0v) is 8.93. The van der Waals surface area contributed by atoms with E-state index in [1.165, 1.54) is 5.56 Å². The van der Waals surface area contributed by atoms with Crippen molar-refractivity contribution in [2.24, 2.45) is 5.73 Å². The normalized spacial score (nSPS) is 11.7. The fourth-order valence-electron chi connectivity index (χ4n) is 1.27. The van der Waals surface area contributed by atoms with Crippen LogP contribution in [-0.4, -0.2) is 5.54 Å². The number of hydrogen-bond acceptors (Lipinski definition) is 1. The van der Waals surface area contributed by atoms with E-state index in [2.05, 4.69) is 12.1 Å². The lowest BCUT2D eigenvalue weighted by Crippen LogP contribution is -2.34. The summed E-state index contributed by atoms with van der Waals surface area (Å²) in [5, 5.41) is 0. The Bertz CT molecular complexity index is 258. The zero-order valence-electron chi connectivity index (χ0n) is 8.18. The number of rotatable bonds is 3. The third kappa shape index (κ3) is 3.79. The fourth-order valence-corrected chi connectivity index (χ4v) is 1.45. The van der Waals surface area contributed by atoms with E-state index >= 15 is 0 Å². The highest BCUT2D eigenvalue weighted by Gasteiger charge is 2.10. The Morgan fingerprint density at radius 3 is 2.00 bits per heavy atom. The van der Waals surface area contributed by atoms with Crippen molar-refractivity contribution in [1.82, 2.24) is 0 Å². The summed E-state index contributed by atoms with van der Waals surface area (Å²) in [5.74, 6) is 0.576. The van der Waals surface area contributed by atoms with E-state index in [1.54, 1.807) is 0 Å². The summed E-state index contributed by atoms with van der Waals surface area (Å²) in [6.45, 7) is 4.06. The van der Waals surface area contributed by atoms with Gasteiger partial charge in [0.1, 0.15) is 0 Å². The molecule has 2 N–H and O–H groups in total. The molecule has 0 aromatic heterocycles. The van der Waals surface area contributed by atoms with Crippen molar-refractivity contribution in [1.29, 1.82) is 0 Å². The topological polar surface area (TPSA) is 26.0 Å². The number of halogens is 1. The number of alkyl halides is 1. The molecule has 0 aliphatic rings. The monoisotopic (exact) mass is 197 g/mol. The van der Waals surface area contributed by atoms with Crippen LogP contribution in [-0.2, 0) is 12.3 Å². The molecule has 2 heteroatoms. The fraction of sp³-hybridized carbons (Fsp3) is 0.455. The molecule has 0 unspecified atom stereocenters. The number of nitrogens with two attached hydrogens (primary N) is 1. The molecule has 13 heavy (non-hydrogen) atoms. The van der Waals surface area contributed by atoms with Gasteiger partial charge in [-0.2, -0.15) is 0 Å². The number of benzene rings is 1. The van der Waals surface area contributed by atoms with E-state index in [-0.39, 0.29) is 5.54 Å². The Hall–Kier alpha value is -0.530. The molecule has 1 rings (SSSR count). The molecule has 0 heterocycles. The molecule has 0 bridgehead atoms. The van der Waals surface area contributed by atoms with Gasteiger partial charge >= 0.3 is 0 Å². The first kappa shape index (κ1) is 10.6. The van der Waals surface area contributed by atoms with E-state index in [0.29, 0.717) is 5.88 Å². The predicted molar refractivity (Wildman–Crippen MR) is 58.0 cm³/mol. The lowest BCUT2D eigenvalue weighted by atomic mass is 9.96. The van der Waals surface area contributed by atoms with Crippen molar-refractivity contribution in [3.05, 3.63) is 35.4 Å². The van der Waals surface area contributed by atoms with Gasteiger partial charge in [-0.05, 0) is 31.4 Å². The maximum Gasteiger partial charge on any atom is 0.0474 e. The molecule has 1 aromatic rings. The van der Waals surface area contributed by atoms with Gasteiger partial charge in [0.15, 0.2) is 0 Å². The van der Waals surface area contributed by atoms with Crippen LogP contribution in [0.1, 0.15) is 25.0 Å². The van der Waals surface area contributed by atoms with Gasteiger partial charge in [0.25, 0.3) is 0 Å². The van der Waals surface area contributed by atoms with E-state index in [0.717, 1.165) is 12.0 Å². The molecule has 0 saturated heterocycles. The molecular formula is C11H16ClN. The molecule has 0 fully saturated rings. The number of hydrogen-bond donors (Lipinski definition) is 1. The summed E-state index contributed by atoms with van der Waals surface area (Å²) in [6.07, 6.45) is 0.898. The molecule has 0 aliphatic heterocycles. The summed E-state index contributed by atoms with van der Waals surface area (Å²) in [7, 11) is 0. The molecule has 0 saturated carbocycles. The van der Waals surface area contributed by atoms with Gasteiger partial charge in [-0.25, -0.2) is 0 Å². The summed E-state index contributed by atoms with van der Waals surface area (Å²) < 4.78 is 0. The minimum atomic E-state index is -0.136. The first-order valence-corrected chi connectivity index (χ1v) is 4.97. The van der Waals surface area contributed by atoms with Crippen molar-refractivity contribution in [3.63, 3.8) is 0 Å². The van der Waals surface area contributed by atoms with Gasteiger partial charge in [0.2, 0.25) is 0 Å².